The molecular weight excluding hydrogens is 353 g/mol. The maximum absolute atomic E-state index is 12.0. The van der Waals surface area contributed by atoms with Crippen LogP contribution in [0.4, 0.5) is 0 Å². The number of nitrogens with one attached hydrogen (secondary N) is 1. The van der Waals surface area contributed by atoms with Crippen molar-refractivity contribution in [2.45, 2.75) is 33.2 Å². The first-order valence-electron chi connectivity index (χ1n) is 7.23. The second-order valence-corrected chi connectivity index (χ2v) is 6.30. The highest BCUT2D eigenvalue weighted by Crippen LogP contribution is 2.27. The lowest BCUT2D eigenvalue weighted by Crippen LogP contribution is -2.39. The van der Waals surface area contributed by atoms with E-state index >= 15 is 0 Å². The van der Waals surface area contributed by atoms with Crippen LogP contribution in [0.1, 0.15) is 23.9 Å². The summed E-state index contributed by atoms with van der Waals surface area (Å²) in [5, 5.41) is 16.7. The van der Waals surface area contributed by atoms with Gasteiger partial charge in [0.05, 0.1) is 22.8 Å². The van der Waals surface area contributed by atoms with Crippen molar-refractivity contribution in [3.05, 3.63) is 45.2 Å². The average Bonchev–Trinajstić information content (AvgIpc) is 2.75. The van der Waals surface area contributed by atoms with Crippen molar-refractivity contribution < 1.29 is 14.7 Å². The van der Waals surface area contributed by atoms with Crippen LogP contribution in [0.15, 0.2) is 18.2 Å². The lowest BCUT2D eigenvalue weighted by Gasteiger charge is -2.10. The first-order chi connectivity index (χ1) is 11.2. The Kier molecular flexibility index (Phi) is 5.51. The topological polar surface area (TPSA) is 84.2 Å². The van der Waals surface area contributed by atoms with E-state index in [1.165, 1.54) is 6.92 Å². The molecule has 24 heavy (non-hydrogen) atoms. The fourth-order valence-electron chi connectivity index (χ4n) is 2.33. The van der Waals surface area contributed by atoms with Gasteiger partial charge < -0.3 is 10.4 Å². The Hall–Kier alpha value is -2.05. The number of aryl methyl sites for hydroxylation is 1. The van der Waals surface area contributed by atoms with Gasteiger partial charge in [-0.3, -0.25) is 9.59 Å². The molecule has 8 heteroatoms. The quantitative estimate of drug-likeness (QED) is 0.848. The van der Waals surface area contributed by atoms with E-state index in [1.807, 2.05) is 6.92 Å². The molecule has 2 aromatic rings. The van der Waals surface area contributed by atoms with Gasteiger partial charge in [0, 0.05) is 16.3 Å². The van der Waals surface area contributed by atoms with Crippen LogP contribution < -0.4 is 5.32 Å². The number of amides is 1. The summed E-state index contributed by atoms with van der Waals surface area (Å²) < 4.78 is 1.65. The van der Waals surface area contributed by atoms with Gasteiger partial charge in [0.1, 0.15) is 6.04 Å². The normalized spacial score (nSPS) is 12.0. The van der Waals surface area contributed by atoms with Crippen LogP contribution in [-0.2, 0) is 16.0 Å². The summed E-state index contributed by atoms with van der Waals surface area (Å²) in [6.07, 6.45) is 0.0422. The summed E-state index contributed by atoms with van der Waals surface area (Å²) in [7, 11) is 0. The van der Waals surface area contributed by atoms with Gasteiger partial charge in [0.25, 0.3) is 0 Å². The molecule has 0 saturated heterocycles. The van der Waals surface area contributed by atoms with Crippen molar-refractivity contribution in [3.8, 4) is 5.69 Å². The molecule has 0 fully saturated rings. The third kappa shape index (κ3) is 3.88. The molecule has 0 radical (unpaired) electrons. The van der Waals surface area contributed by atoms with Gasteiger partial charge >= 0.3 is 5.97 Å². The molecular formula is C16H17Cl2N3O3. The number of halogens is 2. The molecule has 0 saturated carbocycles. The monoisotopic (exact) mass is 369 g/mol. The van der Waals surface area contributed by atoms with E-state index in [0.717, 1.165) is 11.3 Å². The van der Waals surface area contributed by atoms with Crippen LogP contribution >= 0.6 is 23.2 Å². The molecule has 0 spiro atoms. The molecule has 0 aliphatic carbocycles. The van der Waals surface area contributed by atoms with Crippen LogP contribution in [0.5, 0.6) is 0 Å². The summed E-state index contributed by atoms with van der Waals surface area (Å²) in [4.78, 5) is 22.9. The van der Waals surface area contributed by atoms with Crippen molar-refractivity contribution >= 4 is 35.1 Å². The number of benzene rings is 1. The number of aliphatic carboxylic acids is 1. The predicted molar refractivity (Wildman–Crippen MR) is 92.0 cm³/mol. The zero-order chi connectivity index (χ0) is 18.0. The number of aromatic nitrogens is 2. The largest absolute Gasteiger partial charge is 0.480 e. The zero-order valence-corrected chi connectivity index (χ0v) is 14.9. The van der Waals surface area contributed by atoms with E-state index in [4.69, 9.17) is 28.3 Å². The number of carbonyl (C=O) groups is 2. The van der Waals surface area contributed by atoms with Crippen molar-refractivity contribution in [1.29, 1.82) is 0 Å². The smallest absolute Gasteiger partial charge is 0.325 e. The summed E-state index contributed by atoms with van der Waals surface area (Å²) in [5.41, 5.74) is 2.83. The summed E-state index contributed by atoms with van der Waals surface area (Å²) >= 11 is 12.1. The van der Waals surface area contributed by atoms with E-state index < -0.39 is 12.0 Å². The number of carbonyl (C=O) groups excluding carboxylic acids is 1. The molecule has 2 N–H and O–H groups in total. The fourth-order valence-corrected chi connectivity index (χ4v) is 2.82. The molecule has 2 rings (SSSR count). The number of hydrogen-bond donors (Lipinski definition) is 2. The number of carboxylic acid groups (broad SMARTS) is 1. The minimum Gasteiger partial charge on any atom is -0.480 e. The Morgan fingerprint density at radius 1 is 1.33 bits per heavy atom. The second-order valence-electron chi connectivity index (χ2n) is 5.46. The van der Waals surface area contributed by atoms with Crippen LogP contribution in [0.3, 0.4) is 0 Å². The Labute approximate surface area is 149 Å². The standard InChI is InChI=1S/C16H17Cl2N3O3/c1-8-12(7-15(22)19-9(2)16(23)24)10(3)21(20-8)14-5-4-11(17)6-13(14)18/h4-6,9H,7H2,1-3H3,(H,19,22)(H,23,24)/t9-/m1/s1. The van der Waals surface area contributed by atoms with Crippen LogP contribution in [-0.4, -0.2) is 32.8 Å². The van der Waals surface area contributed by atoms with Gasteiger partial charge in [0.2, 0.25) is 5.91 Å². The van der Waals surface area contributed by atoms with Crippen molar-refractivity contribution in [2.75, 3.05) is 0 Å². The Morgan fingerprint density at radius 3 is 2.58 bits per heavy atom. The highest BCUT2D eigenvalue weighted by Gasteiger charge is 2.19. The van der Waals surface area contributed by atoms with Gasteiger partial charge in [-0.05, 0) is 39.0 Å². The lowest BCUT2D eigenvalue weighted by atomic mass is 10.1. The molecule has 0 aliphatic rings. The van der Waals surface area contributed by atoms with Crippen molar-refractivity contribution in [2.24, 2.45) is 0 Å². The molecule has 1 aromatic heterocycles. The van der Waals surface area contributed by atoms with E-state index in [-0.39, 0.29) is 12.3 Å². The average molecular weight is 370 g/mol. The molecule has 6 nitrogen and oxygen atoms in total. The SMILES string of the molecule is Cc1nn(-c2ccc(Cl)cc2Cl)c(C)c1CC(=O)N[C@H](C)C(=O)O. The molecule has 128 valence electrons. The number of nitrogens with zero attached hydrogens (tertiary/aromatic N) is 2. The van der Waals surface area contributed by atoms with E-state index in [1.54, 1.807) is 29.8 Å². The third-order valence-electron chi connectivity index (χ3n) is 3.66. The summed E-state index contributed by atoms with van der Waals surface area (Å²) in [5.74, 6) is -1.46. The molecule has 0 bridgehead atoms. The Morgan fingerprint density at radius 2 is 2.00 bits per heavy atom. The minimum absolute atomic E-state index is 0.0422. The highest BCUT2D eigenvalue weighted by atomic mass is 35.5. The third-order valence-corrected chi connectivity index (χ3v) is 4.20. The maximum atomic E-state index is 12.0. The lowest BCUT2D eigenvalue weighted by molar-refractivity contribution is -0.141. The summed E-state index contributed by atoms with van der Waals surface area (Å²) in [6, 6.07) is 4.13. The van der Waals surface area contributed by atoms with Crippen LogP contribution in [0.2, 0.25) is 10.0 Å². The van der Waals surface area contributed by atoms with Crippen molar-refractivity contribution in [3.63, 3.8) is 0 Å². The molecule has 0 unspecified atom stereocenters. The van der Waals surface area contributed by atoms with Crippen LogP contribution in [0, 0.1) is 13.8 Å². The fraction of sp³-hybridized carbons (Fsp3) is 0.312. The highest BCUT2D eigenvalue weighted by molar-refractivity contribution is 6.35. The Bertz CT molecular complexity index is 802. The molecule has 0 aliphatic heterocycles. The first-order valence-corrected chi connectivity index (χ1v) is 7.99. The summed E-state index contributed by atoms with van der Waals surface area (Å²) in [6.45, 7) is 5.03. The molecule has 1 amide bonds. The zero-order valence-electron chi connectivity index (χ0n) is 13.4. The second kappa shape index (κ2) is 7.23. The predicted octanol–water partition coefficient (Wildman–Crippen LogP) is 2.93. The van der Waals surface area contributed by atoms with Gasteiger partial charge in [0.15, 0.2) is 0 Å². The van der Waals surface area contributed by atoms with E-state index in [0.29, 0.717) is 21.4 Å². The van der Waals surface area contributed by atoms with Gasteiger partial charge in [-0.15, -0.1) is 0 Å². The van der Waals surface area contributed by atoms with Gasteiger partial charge in [-0.2, -0.15) is 5.10 Å². The number of carboxylic acids is 1. The Balaban J connectivity index is 2.29. The molecule has 1 aromatic carbocycles. The number of hydrogen-bond acceptors (Lipinski definition) is 3. The molecule has 1 heterocycles. The van der Waals surface area contributed by atoms with Crippen LogP contribution in [0.25, 0.3) is 5.69 Å². The van der Waals surface area contributed by atoms with E-state index in [2.05, 4.69) is 10.4 Å². The van der Waals surface area contributed by atoms with Gasteiger partial charge in [-0.1, -0.05) is 23.2 Å². The minimum atomic E-state index is -1.08. The van der Waals surface area contributed by atoms with E-state index in [9.17, 15) is 9.59 Å². The maximum Gasteiger partial charge on any atom is 0.325 e. The molecule has 1 atom stereocenters. The van der Waals surface area contributed by atoms with Gasteiger partial charge in [-0.25, -0.2) is 4.68 Å². The van der Waals surface area contributed by atoms with Crippen molar-refractivity contribution in [1.82, 2.24) is 15.1 Å². The first kappa shape index (κ1) is 18.3. The number of rotatable bonds is 5.